The molecule has 0 atom stereocenters. The normalized spacial score (nSPS) is 11.0. The molecule has 3 aromatic rings. The van der Waals surface area contributed by atoms with Crippen molar-refractivity contribution in [1.29, 1.82) is 0 Å². The van der Waals surface area contributed by atoms with Crippen molar-refractivity contribution >= 4 is 28.7 Å². The lowest BCUT2D eigenvalue weighted by Gasteiger charge is -2.21. The van der Waals surface area contributed by atoms with E-state index in [1.807, 2.05) is 23.6 Å². The highest BCUT2D eigenvalue weighted by molar-refractivity contribution is 7.13. The van der Waals surface area contributed by atoms with Crippen LogP contribution in [0.2, 0.25) is 0 Å². The smallest absolute Gasteiger partial charge is 0.347 e. The zero-order valence-corrected chi connectivity index (χ0v) is 19.1. The molecule has 1 aromatic heterocycles. The van der Waals surface area contributed by atoms with Crippen molar-refractivity contribution in [1.82, 2.24) is 0 Å². The Morgan fingerprint density at radius 3 is 2.22 bits per heavy atom. The number of carboxylic acids is 1. The van der Waals surface area contributed by atoms with Crippen molar-refractivity contribution in [3.8, 4) is 27.7 Å². The lowest BCUT2D eigenvalue weighted by molar-refractivity contribution is -0.152. The summed E-state index contributed by atoms with van der Waals surface area (Å²) in [6.07, 6.45) is 0. The Morgan fingerprint density at radius 1 is 1.00 bits per heavy atom. The summed E-state index contributed by atoms with van der Waals surface area (Å²) >= 11 is 1.54. The van der Waals surface area contributed by atoms with Gasteiger partial charge in [-0.3, -0.25) is 4.79 Å². The van der Waals surface area contributed by atoms with Crippen LogP contribution < -0.4 is 14.2 Å². The van der Waals surface area contributed by atoms with E-state index in [0.717, 1.165) is 10.4 Å². The highest BCUT2D eigenvalue weighted by Crippen LogP contribution is 2.42. The number of rotatable bonds is 9. The molecule has 1 N–H and O–H groups in total. The molecule has 0 radical (unpaired) electrons. The molecule has 0 amide bonds. The highest BCUT2D eigenvalue weighted by Gasteiger charge is 2.29. The van der Waals surface area contributed by atoms with Gasteiger partial charge in [-0.1, -0.05) is 24.8 Å². The van der Waals surface area contributed by atoms with Gasteiger partial charge in [0.05, 0.1) is 14.2 Å². The summed E-state index contributed by atoms with van der Waals surface area (Å²) in [6, 6.07) is 14.0. The van der Waals surface area contributed by atoms with Crippen molar-refractivity contribution in [2.75, 3.05) is 14.2 Å². The molecule has 3 rings (SSSR count). The minimum Gasteiger partial charge on any atom is -0.496 e. The lowest BCUT2D eigenvalue weighted by Crippen LogP contribution is -2.37. The Balaban J connectivity index is 1.96. The fourth-order valence-corrected chi connectivity index (χ4v) is 3.88. The lowest BCUT2D eigenvalue weighted by atomic mass is 9.94. The van der Waals surface area contributed by atoms with Gasteiger partial charge in [0.1, 0.15) is 22.8 Å². The molecule has 7 heteroatoms. The van der Waals surface area contributed by atoms with Gasteiger partial charge in [0, 0.05) is 16.0 Å². The molecular formula is C25H24O6S. The number of benzene rings is 2. The Labute approximate surface area is 190 Å². The van der Waals surface area contributed by atoms with Gasteiger partial charge >= 0.3 is 5.97 Å². The van der Waals surface area contributed by atoms with Crippen LogP contribution in [0.5, 0.6) is 17.2 Å². The molecular weight excluding hydrogens is 428 g/mol. The summed E-state index contributed by atoms with van der Waals surface area (Å²) in [5.41, 5.74) is 0.518. The number of methoxy groups -OCH3 is 2. The number of allylic oxidation sites excluding steroid dienone is 1. The number of ketones is 1. The third kappa shape index (κ3) is 4.53. The SMILES string of the molecule is C=C(C(=O)c1c(OC)ccc(-c2cccs2)c1OC)c1ccc(OC(C)(C)C(=O)O)cc1. The number of ether oxygens (including phenoxy) is 3. The maximum atomic E-state index is 13.5. The standard InChI is InChI=1S/C25H24O6S/c1-15(16-8-10-17(11-9-16)31-25(2,3)24(27)28)22(26)21-19(29-4)13-12-18(23(21)30-5)20-7-6-14-32-20/h6-14H,1H2,2-5H3,(H,27,28). The van der Waals surface area contributed by atoms with Gasteiger partial charge in [-0.15, -0.1) is 11.3 Å². The molecule has 0 aliphatic heterocycles. The minimum atomic E-state index is -1.38. The number of aliphatic carboxylic acids is 1. The predicted molar refractivity (Wildman–Crippen MR) is 125 cm³/mol. The maximum Gasteiger partial charge on any atom is 0.347 e. The molecule has 0 fully saturated rings. The maximum absolute atomic E-state index is 13.5. The Morgan fingerprint density at radius 2 is 1.69 bits per heavy atom. The highest BCUT2D eigenvalue weighted by atomic mass is 32.1. The first-order valence-electron chi connectivity index (χ1n) is 9.75. The Hall–Kier alpha value is -3.58. The van der Waals surface area contributed by atoms with Crippen LogP contribution in [0.25, 0.3) is 16.0 Å². The predicted octanol–water partition coefficient (Wildman–Crippen LogP) is 5.57. The van der Waals surface area contributed by atoms with Gasteiger partial charge in [-0.2, -0.15) is 0 Å². The Bertz CT molecular complexity index is 1140. The fraction of sp³-hybridized carbons (Fsp3) is 0.200. The zero-order valence-electron chi connectivity index (χ0n) is 18.3. The third-order valence-corrected chi connectivity index (χ3v) is 5.83. The van der Waals surface area contributed by atoms with Crippen LogP contribution in [0, 0.1) is 0 Å². The first-order chi connectivity index (χ1) is 15.2. The van der Waals surface area contributed by atoms with Gasteiger partial charge in [0.2, 0.25) is 5.78 Å². The van der Waals surface area contributed by atoms with Crippen LogP contribution in [-0.2, 0) is 4.79 Å². The van der Waals surface area contributed by atoms with Gasteiger partial charge in [-0.05, 0) is 55.1 Å². The van der Waals surface area contributed by atoms with Crippen molar-refractivity contribution in [3.63, 3.8) is 0 Å². The number of carbonyl (C=O) groups is 2. The number of hydrogen-bond acceptors (Lipinski definition) is 6. The van der Waals surface area contributed by atoms with Crippen molar-refractivity contribution in [3.05, 3.63) is 71.6 Å². The molecule has 0 saturated heterocycles. The van der Waals surface area contributed by atoms with Crippen LogP contribution in [0.1, 0.15) is 29.8 Å². The summed E-state index contributed by atoms with van der Waals surface area (Å²) < 4.78 is 16.6. The minimum absolute atomic E-state index is 0.244. The monoisotopic (exact) mass is 452 g/mol. The second-order valence-corrected chi connectivity index (χ2v) is 8.40. The van der Waals surface area contributed by atoms with E-state index in [-0.39, 0.29) is 11.4 Å². The summed E-state index contributed by atoms with van der Waals surface area (Å²) in [4.78, 5) is 25.7. The summed E-state index contributed by atoms with van der Waals surface area (Å²) in [5.74, 6) is -0.239. The van der Waals surface area contributed by atoms with Crippen LogP contribution in [0.3, 0.4) is 0 Å². The van der Waals surface area contributed by atoms with E-state index in [2.05, 4.69) is 6.58 Å². The topological polar surface area (TPSA) is 82.1 Å². The molecule has 0 bridgehead atoms. The molecule has 0 unspecified atom stereocenters. The molecule has 0 saturated carbocycles. The van der Waals surface area contributed by atoms with E-state index in [0.29, 0.717) is 28.4 Å². The van der Waals surface area contributed by atoms with Crippen molar-refractivity contribution in [2.24, 2.45) is 0 Å². The molecule has 166 valence electrons. The van der Waals surface area contributed by atoms with Crippen molar-refractivity contribution in [2.45, 2.75) is 19.4 Å². The van der Waals surface area contributed by atoms with Crippen LogP contribution in [0.15, 0.2) is 60.5 Å². The number of hydrogen-bond donors (Lipinski definition) is 1. The molecule has 2 aromatic carbocycles. The summed E-state index contributed by atoms with van der Waals surface area (Å²) in [6.45, 7) is 6.91. The summed E-state index contributed by atoms with van der Waals surface area (Å²) in [5, 5.41) is 11.2. The molecule has 6 nitrogen and oxygen atoms in total. The number of carboxylic acid groups (broad SMARTS) is 1. The second-order valence-electron chi connectivity index (χ2n) is 7.45. The first kappa shape index (κ1) is 23.1. The number of carbonyl (C=O) groups excluding carboxylic acids is 1. The van der Waals surface area contributed by atoms with E-state index in [9.17, 15) is 14.7 Å². The van der Waals surface area contributed by atoms with Gasteiger partial charge in [0.25, 0.3) is 0 Å². The number of Topliss-reactive ketones (excluding diaryl/α,β-unsaturated/α-hetero) is 1. The van der Waals surface area contributed by atoms with Crippen LogP contribution in [-0.4, -0.2) is 36.7 Å². The van der Waals surface area contributed by atoms with Crippen molar-refractivity contribution < 1.29 is 28.9 Å². The molecule has 1 heterocycles. The van der Waals surface area contributed by atoms with E-state index in [1.165, 1.54) is 28.1 Å². The molecule has 32 heavy (non-hydrogen) atoms. The first-order valence-corrected chi connectivity index (χ1v) is 10.6. The number of thiophene rings is 1. The van der Waals surface area contributed by atoms with E-state index >= 15 is 0 Å². The van der Waals surface area contributed by atoms with Gasteiger partial charge in [0.15, 0.2) is 5.60 Å². The zero-order chi connectivity index (χ0) is 23.5. The van der Waals surface area contributed by atoms with Gasteiger partial charge in [-0.25, -0.2) is 4.79 Å². The molecule has 0 spiro atoms. The largest absolute Gasteiger partial charge is 0.496 e. The summed E-state index contributed by atoms with van der Waals surface area (Å²) in [7, 11) is 3.01. The second kappa shape index (κ2) is 9.28. The van der Waals surface area contributed by atoms with E-state index in [4.69, 9.17) is 14.2 Å². The van der Waals surface area contributed by atoms with E-state index in [1.54, 1.807) is 41.7 Å². The third-order valence-electron chi connectivity index (χ3n) is 4.92. The quantitative estimate of drug-likeness (QED) is 0.338. The fourth-order valence-electron chi connectivity index (χ4n) is 3.13. The molecule has 0 aliphatic carbocycles. The Kier molecular flexibility index (Phi) is 6.69. The molecule has 0 aliphatic rings. The van der Waals surface area contributed by atoms with E-state index < -0.39 is 11.6 Å². The van der Waals surface area contributed by atoms with Crippen LogP contribution in [0.4, 0.5) is 0 Å². The van der Waals surface area contributed by atoms with Gasteiger partial charge < -0.3 is 19.3 Å². The average Bonchev–Trinajstić information content (AvgIpc) is 3.32. The van der Waals surface area contributed by atoms with Crippen LogP contribution >= 0.6 is 11.3 Å². The average molecular weight is 453 g/mol.